The predicted molar refractivity (Wildman–Crippen MR) is 91.2 cm³/mol. The van der Waals surface area contributed by atoms with E-state index in [4.69, 9.17) is 0 Å². The standard InChI is InChI=1S/C18H23FN4O/c1-20-11-15-5-3-4-10-23(15)18(24)17-16(12-22(2)21-17)13-6-8-14(19)9-7-13/h6-9,12,15,20H,3-5,10-11H2,1-2H3. The van der Waals surface area contributed by atoms with Crippen LogP contribution in [0.2, 0.25) is 0 Å². The molecule has 2 heterocycles. The maximum Gasteiger partial charge on any atom is 0.275 e. The largest absolute Gasteiger partial charge is 0.333 e. The number of aromatic nitrogens is 2. The Bertz CT molecular complexity index is 708. The van der Waals surface area contributed by atoms with E-state index in [9.17, 15) is 9.18 Å². The van der Waals surface area contributed by atoms with Crippen molar-refractivity contribution < 1.29 is 9.18 Å². The van der Waals surface area contributed by atoms with Crippen molar-refractivity contribution >= 4 is 5.91 Å². The second kappa shape index (κ2) is 7.13. The minimum Gasteiger partial charge on any atom is -0.333 e. The molecule has 1 amide bonds. The Kier molecular flexibility index (Phi) is 4.94. The van der Waals surface area contributed by atoms with Gasteiger partial charge in [0.1, 0.15) is 5.82 Å². The molecular formula is C18H23FN4O. The van der Waals surface area contributed by atoms with E-state index in [2.05, 4.69) is 10.4 Å². The van der Waals surface area contributed by atoms with Gasteiger partial charge in [0.15, 0.2) is 5.69 Å². The van der Waals surface area contributed by atoms with Crippen molar-refractivity contribution in [2.75, 3.05) is 20.1 Å². The molecule has 3 rings (SSSR count). The lowest BCUT2D eigenvalue weighted by atomic mass is 10.00. The van der Waals surface area contributed by atoms with Crippen LogP contribution in [0.5, 0.6) is 0 Å². The summed E-state index contributed by atoms with van der Waals surface area (Å²) in [6.07, 6.45) is 4.98. The highest BCUT2D eigenvalue weighted by atomic mass is 19.1. The highest BCUT2D eigenvalue weighted by Gasteiger charge is 2.30. The number of amides is 1. The molecule has 128 valence electrons. The first-order chi connectivity index (χ1) is 11.6. The molecule has 1 aromatic carbocycles. The maximum atomic E-state index is 13.2. The minimum atomic E-state index is -0.291. The van der Waals surface area contributed by atoms with Gasteiger partial charge in [0.2, 0.25) is 0 Å². The van der Waals surface area contributed by atoms with E-state index in [0.717, 1.165) is 43.5 Å². The lowest BCUT2D eigenvalue weighted by molar-refractivity contribution is 0.0609. The Labute approximate surface area is 141 Å². The first-order valence-corrected chi connectivity index (χ1v) is 8.35. The number of carbonyl (C=O) groups is 1. The van der Waals surface area contributed by atoms with Crippen LogP contribution >= 0.6 is 0 Å². The number of likely N-dealkylation sites (N-methyl/N-ethyl adjacent to an activating group) is 1. The molecule has 1 aliphatic rings. The molecule has 1 saturated heterocycles. The van der Waals surface area contributed by atoms with Gasteiger partial charge in [-0.05, 0) is 44.0 Å². The first kappa shape index (κ1) is 16.6. The molecular weight excluding hydrogens is 307 g/mol. The van der Waals surface area contributed by atoms with Gasteiger partial charge in [-0.1, -0.05) is 12.1 Å². The molecule has 6 heteroatoms. The van der Waals surface area contributed by atoms with Crippen molar-refractivity contribution in [3.05, 3.63) is 42.0 Å². The van der Waals surface area contributed by atoms with Gasteiger partial charge >= 0.3 is 0 Å². The fraction of sp³-hybridized carbons (Fsp3) is 0.444. The summed E-state index contributed by atoms with van der Waals surface area (Å²) in [6, 6.07) is 6.37. The lowest BCUT2D eigenvalue weighted by Gasteiger charge is -2.35. The van der Waals surface area contributed by atoms with Crippen molar-refractivity contribution in [1.82, 2.24) is 20.0 Å². The predicted octanol–water partition coefficient (Wildman–Crippen LogP) is 2.44. The number of aryl methyl sites for hydroxylation is 1. The highest BCUT2D eigenvalue weighted by molar-refractivity contribution is 5.99. The van der Waals surface area contributed by atoms with Gasteiger partial charge in [0.05, 0.1) is 0 Å². The summed E-state index contributed by atoms with van der Waals surface area (Å²) in [6.45, 7) is 1.54. The van der Waals surface area contributed by atoms with Crippen LogP contribution < -0.4 is 5.32 Å². The summed E-state index contributed by atoms with van der Waals surface area (Å²) < 4.78 is 14.8. The number of hydrogen-bond donors (Lipinski definition) is 1. The highest BCUT2D eigenvalue weighted by Crippen LogP contribution is 2.26. The molecule has 2 aromatic rings. The van der Waals surface area contributed by atoms with Gasteiger partial charge in [0, 0.05) is 37.9 Å². The fourth-order valence-corrected chi connectivity index (χ4v) is 3.34. The second-order valence-corrected chi connectivity index (χ2v) is 6.28. The van der Waals surface area contributed by atoms with Crippen LogP contribution in [0.3, 0.4) is 0 Å². The lowest BCUT2D eigenvalue weighted by Crippen LogP contribution is -2.48. The number of benzene rings is 1. The van der Waals surface area contributed by atoms with E-state index in [-0.39, 0.29) is 17.8 Å². The van der Waals surface area contributed by atoms with E-state index < -0.39 is 0 Å². The van der Waals surface area contributed by atoms with E-state index in [0.29, 0.717) is 5.69 Å². The van der Waals surface area contributed by atoms with Gasteiger partial charge < -0.3 is 10.2 Å². The average Bonchev–Trinajstić information content (AvgIpc) is 2.97. The van der Waals surface area contributed by atoms with Crippen molar-refractivity contribution in [2.24, 2.45) is 7.05 Å². The number of carbonyl (C=O) groups excluding carboxylic acids is 1. The molecule has 1 N–H and O–H groups in total. The molecule has 0 spiro atoms. The summed E-state index contributed by atoms with van der Waals surface area (Å²) in [7, 11) is 3.70. The number of halogens is 1. The second-order valence-electron chi connectivity index (χ2n) is 6.28. The maximum absolute atomic E-state index is 13.2. The van der Waals surface area contributed by atoms with Crippen molar-refractivity contribution in [2.45, 2.75) is 25.3 Å². The van der Waals surface area contributed by atoms with Gasteiger partial charge in [-0.2, -0.15) is 5.10 Å². The Morgan fingerprint density at radius 2 is 2.08 bits per heavy atom. The number of nitrogens with one attached hydrogen (secondary N) is 1. The van der Waals surface area contributed by atoms with Crippen LogP contribution in [-0.2, 0) is 7.05 Å². The summed E-state index contributed by atoms with van der Waals surface area (Å²) in [4.78, 5) is 15.0. The quantitative estimate of drug-likeness (QED) is 0.937. The molecule has 1 aromatic heterocycles. The van der Waals surface area contributed by atoms with Crippen LogP contribution in [0.25, 0.3) is 11.1 Å². The summed E-state index contributed by atoms with van der Waals surface area (Å²) in [5, 5.41) is 7.56. The van der Waals surface area contributed by atoms with Crippen LogP contribution in [0.15, 0.2) is 30.5 Å². The SMILES string of the molecule is CNCC1CCCCN1C(=O)c1nn(C)cc1-c1ccc(F)cc1. The number of nitrogens with zero attached hydrogens (tertiary/aromatic N) is 3. The monoisotopic (exact) mass is 330 g/mol. The smallest absolute Gasteiger partial charge is 0.275 e. The normalized spacial score (nSPS) is 18.0. The van der Waals surface area contributed by atoms with Crippen molar-refractivity contribution in [3.8, 4) is 11.1 Å². The average molecular weight is 330 g/mol. The van der Waals surface area contributed by atoms with Crippen LogP contribution in [0, 0.1) is 5.82 Å². The molecule has 24 heavy (non-hydrogen) atoms. The Morgan fingerprint density at radius 3 is 2.79 bits per heavy atom. The van der Waals surface area contributed by atoms with Crippen LogP contribution in [0.1, 0.15) is 29.8 Å². The topological polar surface area (TPSA) is 50.2 Å². The zero-order chi connectivity index (χ0) is 17.1. The minimum absolute atomic E-state index is 0.0464. The summed E-state index contributed by atoms with van der Waals surface area (Å²) >= 11 is 0. The number of hydrogen-bond acceptors (Lipinski definition) is 3. The molecule has 0 saturated carbocycles. The fourth-order valence-electron chi connectivity index (χ4n) is 3.34. The van der Waals surface area contributed by atoms with Gasteiger partial charge in [-0.3, -0.25) is 9.48 Å². The van der Waals surface area contributed by atoms with E-state index in [1.54, 1.807) is 23.9 Å². The third-order valence-corrected chi connectivity index (χ3v) is 4.51. The van der Waals surface area contributed by atoms with Crippen LogP contribution in [-0.4, -0.2) is 46.8 Å². The summed E-state index contributed by atoms with van der Waals surface area (Å²) in [5.41, 5.74) is 1.98. The number of rotatable bonds is 4. The molecule has 0 radical (unpaired) electrons. The van der Waals surface area contributed by atoms with Gasteiger partial charge in [-0.25, -0.2) is 4.39 Å². The van der Waals surface area contributed by atoms with Gasteiger partial charge in [0.25, 0.3) is 5.91 Å². The van der Waals surface area contributed by atoms with Gasteiger partial charge in [-0.15, -0.1) is 0 Å². The number of piperidine rings is 1. The van der Waals surface area contributed by atoms with Crippen LogP contribution in [0.4, 0.5) is 4.39 Å². The Balaban J connectivity index is 1.93. The number of likely N-dealkylation sites (tertiary alicyclic amines) is 1. The van der Waals surface area contributed by atoms with E-state index in [1.807, 2.05) is 18.1 Å². The Morgan fingerprint density at radius 1 is 1.33 bits per heavy atom. The van der Waals surface area contributed by atoms with Crippen molar-refractivity contribution in [3.63, 3.8) is 0 Å². The van der Waals surface area contributed by atoms with E-state index >= 15 is 0 Å². The zero-order valence-electron chi connectivity index (χ0n) is 14.1. The Hall–Kier alpha value is -2.21. The molecule has 1 atom stereocenters. The molecule has 0 aliphatic carbocycles. The van der Waals surface area contributed by atoms with E-state index in [1.165, 1.54) is 12.1 Å². The third kappa shape index (κ3) is 3.33. The zero-order valence-corrected chi connectivity index (χ0v) is 14.1. The summed E-state index contributed by atoms with van der Waals surface area (Å²) in [5.74, 6) is -0.337. The first-order valence-electron chi connectivity index (χ1n) is 8.35. The molecule has 5 nitrogen and oxygen atoms in total. The third-order valence-electron chi connectivity index (χ3n) is 4.51. The molecule has 1 fully saturated rings. The molecule has 0 bridgehead atoms. The molecule has 1 unspecified atom stereocenters. The van der Waals surface area contributed by atoms with Crippen molar-refractivity contribution in [1.29, 1.82) is 0 Å². The molecule has 1 aliphatic heterocycles.